The van der Waals surface area contributed by atoms with Gasteiger partial charge in [0.15, 0.2) is 23.3 Å². The lowest BCUT2D eigenvalue weighted by Crippen LogP contribution is -2.04. The lowest BCUT2D eigenvalue weighted by atomic mass is 10.3. The van der Waals surface area contributed by atoms with Crippen LogP contribution in [0.3, 0.4) is 0 Å². The van der Waals surface area contributed by atoms with Crippen LogP contribution >= 0.6 is 24.8 Å². The molecule has 14 heavy (non-hydrogen) atoms. The van der Waals surface area contributed by atoms with Crippen LogP contribution in [0.15, 0.2) is 4.90 Å². The third kappa shape index (κ3) is 1.82. The van der Waals surface area contributed by atoms with Gasteiger partial charge in [0.1, 0.15) is 4.90 Å². The van der Waals surface area contributed by atoms with Crippen LogP contribution in [0.25, 0.3) is 0 Å². The monoisotopic (exact) mass is 247 g/mol. The second-order valence-electron chi connectivity index (χ2n) is 2.09. The van der Waals surface area contributed by atoms with Gasteiger partial charge in [0, 0.05) is 0 Å². The van der Waals surface area contributed by atoms with E-state index in [4.69, 9.17) is 0 Å². The van der Waals surface area contributed by atoms with Gasteiger partial charge in [-0.15, -0.1) is 0 Å². The highest BCUT2D eigenvalue weighted by atomic mass is 32.2. The zero-order chi connectivity index (χ0) is 10.9. The third-order valence-corrected chi connectivity index (χ3v) is 2.24. The molecule has 0 aliphatic heterocycles. The van der Waals surface area contributed by atoms with Crippen LogP contribution in [0, 0.1) is 29.1 Å². The highest BCUT2D eigenvalue weighted by Gasteiger charge is 2.25. The van der Waals surface area contributed by atoms with Crippen molar-refractivity contribution >= 4 is 24.8 Å². The molecule has 78 valence electrons. The summed E-state index contributed by atoms with van der Waals surface area (Å²) in [6.07, 6.45) is 0. The Balaban J connectivity index is 3.43. The minimum Gasteiger partial charge on any atom is -0.206 e. The summed E-state index contributed by atoms with van der Waals surface area (Å²) in [4.78, 5) is -1.02. The molecule has 0 radical (unpaired) electrons. The van der Waals surface area contributed by atoms with Crippen molar-refractivity contribution in [3.05, 3.63) is 29.1 Å². The number of nitrogens with one attached hydrogen (secondary N) is 1. The summed E-state index contributed by atoms with van der Waals surface area (Å²) >= 11 is 3.54. The Morgan fingerprint density at radius 1 is 0.786 bits per heavy atom. The Hall–Kier alpha value is -0.470. The summed E-state index contributed by atoms with van der Waals surface area (Å²) in [5.74, 6) is -9.89. The molecule has 0 bridgehead atoms. The third-order valence-electron chi connectivity index (χ3n) is 1.32. The minimum atomic E-state index is -2.18. The van der Waals surface area contributed by atoms with Crippen molar-refractivity contribution < 1.29 is 22.0 Å². The molecule has 0 aliphatic rings. The van der Waals surface area contributed by atoms with Gasteiger partial charge in [-0.05, 0) is 11.9 Å². The van der Waals surface area contributed by atoms with Crippen LogP contribution in [0.1, 0.15) is 0 Å². The van der Waals surface area contributed by atoms with Gasteiger partial charge < -0.3 is 0 Å². The minimum absolute atomic E-state index is 0.183. The van der Waals surface area contributed by atoms with Crippen molar-refractivity contribution in [1.82, 2.24) is 4.13 Å². The molecule has 0 aromatic heterocycles. The van der Waals surface area contributed by atoms with E-state index in [0.29, 0.717) is 0 Å². The van der Waals surface area contributed by atoms with Crippen LogP contribution in [0.2, 0.25) is 0 Å². The summed E-state index contributed by atoms with van der Waals surface area (Å²) in [6, 6.07) is 0. The molecule has 0 saturated heterocycles. The second-order valence-corrected chi connectivity index (χ2v) is 3.44. The predicted octanol–water partition coefficient (Wildman–Crippen LogP) is 2.82. The highest BCUT2D eigenvalue weighted by Crippen LogP contribution is 2.29. The second kappa shape index (κ2) is 4.37. The lowest BCUT2D eigenvalue weighted by Gasteiger charge is -2.05. The summed E-state index contributed by atoms with van der Waals surface area (Å²) in [7, 11) is 0. The summed E-state index contributed by atoms with van der Waals surface area (Å²) in [6.45, 7) is 0. The molecule has 1 aromatic carbocycles. The SMILES string of the molecule is Fc1c(F)c(F)c(SNS)c(F)c1F. The molecule has 1 rings (SSSR count). The first-order valence-corrected chi connectivity index (χ1v) is 4.34. The fourth-order valence-electron chi connectivity index (χ4n) is 0.720. The van der Waals surface area contributed by atoms with Gasteiger partial charge in [-0.3, -0.25) is 0 Å². The quantitative estimate of drug-likeness (QED) is 0.274. The van der Waals surface area contributed by atoms with Crippen LogP contribution in [0.4, 0.5) is 22.0 Å². The number of rotatable bonds is 2. The maximum atomic E-state index is 12.8. The maximum absolute atomic E-state index is 12.8. The maximum Gasteiger partial charge on any atom is 0.200 e. The number of hydrogen-bond acceptors (Lipinski definition) is 3. The molecule has 0 aliphatic carbocycles. The van der Waals surface area contributed by atoms with E-state index >= 15 is 0 Å². The summed E-state index contributed by atoms with van der Waals surface area (Å²) in [5, 5.41) is 0. The fourth-order valence-corrected chi connectivity index (χ4v) is 1.44. The van der Waals surface area contributed by atoms with Crippen molar-refractivity contribution in [2.45, 2.75) is 4.90 Å². The van der Waals surface area contributed by atoms with Gasteiger partial charge in [-0.1, -0.05) is 12.8 Å². The average molecular weight is 247 g/mol. The van der Waals surface area contributed by atoms with Gasteiger partial charge in [0.25, 0.3) is 0 Å². The topological polar surface area (TPSA) is 12.0 Å². The van der Waals surface area contributed by atoms with Crippen LogP contribution < -0.4 is 4.13 Å². The molecule has 0 unspecified atom stereocenters. The van der Waals surface area contributed by atoms with Crippen molar-refractivity contribution in [3.63, 3.8) is 0 Å². The molecule has 1 aromatic rings. The molecule has 0 saturated carbocycles. The molecule has 1 nitrogen and oxygen atoms in total. The van der Waals surface area contributed by atoms with E-state index in [1.54, 1.807) is 0 Å². The average Bonchev–Trinajstić information content (AvgIpc) is 2.19. The first-order chi connectivity index (χ1) is 6.50. The zero-order valence-electron chi connectivity index (χ0n) is 6.25. The number of thiol groups is 1. The van der Waals surface area contributed by atoms with Crippen LogP contribution in [-0.2, 0) is 0 Å². The van der Waals surface area contributed by atoms with Gasteiger partial charge in [-0.2, -0.15) is 0 Å². The lowest BCUT2D eigenvalue weighted by molar-refractivity contribution is 0.361. The van der Waals surface area contributed by atoms with Gasteiger partial charge in [-0.25, -0.2) is 26.1 Å². The van der Waals surface area contributed by atoms with E-state index in [1.807, 2.05) is 4.13 Å². The molecule has 0 spiro atoms. The number of benzene rings is 1. The molecule has 0 atom stereocenters. The summed E-state index contributed by atoms with van der Waals surface area (Å²) < 4.78 is 64.9. The Morgan fingerprint density at radius 2 is 1.14 bits per heavy atom. The van der Waals surface area contributed by atoms with Crippen molar-refractivity contribution in [2.75, 3.05) is 0 Å². The Kier molecular flexibility index (Phi) is 3.62. The molecule has 8 heteroatoms. The van der Waals surface area contributed by atoms with Crippen LogP contribution in [0.5, 0.6) is 0 Å². The van der Waals surface area contributed by atoms with Gasteiger partial charge >= 0.3 is 0 Å². The molecular weight excluding hydrogens is 245 g/mol. The Morgan fingerprint density at radius 3 is 1.50 bits per heavy atom. The van der Waals surface area contributed by atoms with E-state index in [9.17, 15) is 22.0 Å². The van der Waals surface area contributed by atoms with E-state index in [0.717, 1.165) is 0 Å². The Labute approximate surface area is 85.4 Å². The first-order valence-electron chi connectivity index (χ1n) is 3.08. The standard InChI is InChI=1S/C6H2F5NS2/c7-1-2(8)4(10)6(14-12-13)5(11)3(1)9/h12-13H. The van der Waals surface area contributed by atoms with E-state index in [1.165, 1.54) is 0 Å². The van der Waals surface area contributed by atoms with E-state index in [2.05, 4.69) is 12.8 Å². The Bertz CT molecular complexity index is 341. The van der Waals surface area contributed by atoms with Crippen molar-refractivity contribution in [1.29, 1.82) is 0 Å². The number of halogens is 5. The smallest absolute Gasteiger partial charge is 0.200 e. The molecular formula is C6H2F5NS2. The fraction of sp³-hybridized carbons (Fsp3) is 0. The van der Waals surface area contributed by atoms with Crippen molar-refractivity contribution in [3.8, 4) is 0 Å². The first kappa shape index (κ1) is 11.6. The van der Waals surface area contributed by atoms with Crippen molar-refractivity contribution in [2.24, 2.45) is 0 Å². The normalized spacial score (nSPS) is 10.7. The zero-order valence-corrected chi connectivity index (χ0v) is 7.96. The summed E-state index contributed by atoms with van der Waals surface area (Å²) in [5.41, 5.74) is 0. The molecule has 1 N–H and O–H groups in total. The molecule has 0 fully saturated rings. The highest BCUT2D eigenvalue weighted by molar-refractivity contribution is 8.06. The van der Waals surface area contributed by atoms with E-state index < -0.39 is 34.0 Å². The molecule has 0 amide bonds. The molecule has 0 heterocycles. The predicted molar refractivity (Wildman–Crippen MR) is 44.2 cm³/mol. The largest absolute Gasteiger partial charge is 0.206 e. The van der Waals surface area contributed by atoms with Crippen LogP contribution in [-0.4, -0.2) is 0 Å². The number of hydrogen-bond donors (Lipinski definition) is 2. The van der Waals surface area contributed by atoms with Gasteiger partial charge in [0.05, 0.1) is 0 Å². The van der Waals surface area contributed by atoms with Gasteiger partial charge in [0.2, 0.25) is 5.82 Å². The van der Waals surface area contributed by atoms with E-state index in [-0.39, 0.29) is 11.9 Å².